The number of hydrogen-bond acceptors (Lipinski definition) is 0. The van der Waals surface area contributed by atoms with E-state index < -0.39 is 0 Å². The fraction of sp³-hybridized carbons (Fsp3) is 1.00. The molecular formula is C27H63P3Pt. The molecular weight excluding hydrogens is 612 g/mol. The van der Waals surface area contributed by atoms with E-state index >= 15 is 0 Å². The first-order valence-electron chi connectivity index (χ1n) is 12.7. The van der Waals surface area contributed by atoms with Crippen LogP contribution in [0.3, 0.4) is 0 Å². The van der Waals surface area contributed by atoms with Gasteiger partial charge < -0.3 is 0 Å². The molecule has 0 rings (SSSR count). The standard InChI is InChI=1S/3C9H21P.Pt/c3*1-7(2)10(8(3)4)9(5)6;/h3*7-9H,1-6H3;. The summed E-state index contributed by atoms with van der Waals surface area (Å²) in [5.41, 5.74) is 8.08. The van der Waals surface area contributed by atoms with Gasteiger partial charge in [0.05, 0.1) is 0 Å². The summed E-state index contributed by atoms with van der Waals surface area (Å²) in [6.07, 6.45) is 0. The largest absolute Gasteiger partial charge is 0.0988 e. The molecule has 31 heavy (non-hydrogen) atoms. The molecule has 0 heterocycles. The molecule has 0 aromatic heterocycles. The molecule has 0 saturated heterocycles. The molecule has 0 aromatic rings. The molecule has 196 valence electrons. The van der Waals surface area contributed by atoms with Crippen LogP contribution in [-0.4, -0.2) is 50.9 Å². The van der Waals surface area contributed by atoms with Crippen molar-refractivity contribution in [3.63, 3.8) is 0 Å². The van der Waals surface area contributed by atoms with Gasteiger partial charge in [-0.25, -0.2) is 0 Å². The summed E-state index contributed by atoms with van der Waals surface area (Å²) < 4.78 is 0. The van der Waals surface area contributed by atoms with Crippen molar-refractivity contribution < 1.29 is 21.1 Å². The van der Waals surface area contributed by atoms with Crippen LogP contribution in [0.2, 0.25) is 0 Å². The molecule has 0 N–H and O–H groups in total. The predicted octanol–water partition coefficient (Wildman–Crippen LogP) is 11.1. The van der Waals surface area contributed by atoms with E-state index in [1.807, 2.05) is 0 Å². The van der Waals surface area contributed by atoms with Gasteiger partial charge in [0, 0.05) is 21.1 Å². The quantitative estimate of drug-likeness (QED) is 0.213. The van der Waals surface area contributed by atoms with E-state index in [2.05, 4.69) is 125 Å². The summed E-state index contributed by atoms with van der Waals surface area (Å²) in [7, 11) is 0.787. The Balaban J connectivity index is -0.000000174. The van der Waals surface area contributed by atoms with Crippen molar-refractivity contribution in [1.82, 2.24) is 0 Å². The monoisotopic (exact) mass is 675 g/mol. The smallest absolute Gasteiger partial charge is 0 e. The van der Waals surface area contributed by atoms with Crippen LogP contribution in [0.5, 0.6) is 0 Å². The predicted molar refractivity (Wildman–Crippen MR) is 157 cm³/mol. The second-order valence-corrected chi connectivity index (χ2v) is 23.2. The van der Waals surface area contributed by atoms with Crippen molar-refractivity contribution in [3.05, 3.63) is 0 Å². The molecule has 0 aliphatic heterocycles. The molecule has 0 bridgehead atoms. The van der Waals surface area contributed by atoms with Crippen molar-refractivity contribution in [3.8, 4) is 0 Å². The Morgan fingerprint density at radius 3 is 0.290 bits per heavy atom. The normalized spacial score (nSPS) is 12.2. The first-order chi connectivity index (χ1) is 13.4. The van der Waals surface area contributed by atoms with Gasteiger partial charge in [-0.3, -0.25) is 0 Å². The van der Waals surface area contributed by atoms with Crippen LogP contribution in [0.25, 0.3) is 0 Å². The van der Waals surface area contributed by atoms with E-state index in [0.29, 0.717) is 0 Å². The van der Waals surface area contributed by atoms with Gasteiger partial charge in [0.2, 0.25) is 0 Å². The van der Waals surface area contributed by atoms with Crippen LogP contribution in [0.4, 0.5) is 0 Å². The molecule has 0 nitrogen and oxygen atoms in total. The third-order valence-electron chi connectivity index (χ3n) is 5.37. The summed E-state index contributed by atoms with van der Waals surface area (Å²) in [5.74, 6) is 0. The average Bonchev–Trinajstić information content (AvgIpc) is 2.43. The SMILES string of the molecule is CC(C)P(C(C)C)C(C)C.CC(C)P(C(C)C)C(C)C.CC(C)P(C(C)C)C(C)C.[Pt]. The van der Waals surface area contributed by atoms with E-state index in [9.17, 15) is 0 Å². The Labute approximate surface area is 219 Å². The maximum atomic E-state index is 2.35. The van der Waals surface area contributed by atoms with Gasteiger partial charge in [0.15, 0.2) is 0 Å². The van der Waals surface area contributed by atoms with Crippen LogP contribution < -0.4 is 0 Å². The van der Waals surface area contributed by atoms with Crippen molar-refractivity contribution in [2.45, 2.75) is 176 Å². The van der Waals surface area contributed by atoms with Gasteiger partial charge in [0.25, 0.3) is 0 Å². The third kappa shape index (κ3) is 19.9. The number of rotatable bonds is 9. The second-order valence-electron chi connectivity index (χ2n) is 11.2. The van der Waals surface area contributed by atoms with Crippen LogP contribution >= 0.6 is 23.8 Å². The van der Waals surface area contributed by atoms with Crippen LogP contribution in [0.1, 0.15) is 125 Å². The van der Waals surface area contributed by atoms with Crippen molar-refractivity contribution in [1.29, 1.82) is 0 Å². The van der Waals surface area contributed by atoms with E-state index in [-0.39, 0.29) is 44.8 Å². The first-order valence-corrected chi connectivity index (χ1v) is 17.4. The minimum Gasteiger partial charge on any atom is -0.0988 e. The average molecular weight is 676 g/mol. The maximum absolute atomic E-state index is 2.35. The molecule has 0 amide bonds. The van der Waals surface area contributed by atoms with Gasteiger partial charge in [-0.2, -0.15) is 0 Å². The molecule has 4 heteroatoms. The Morgan fingerprint density at radius 1 is 0.226 bits per heavy atom. The second kappa shape index (κ2) is 21.3. The Morgan fingerprint density at radius 2 is 0.290 bits per heavy atom. The van der Waals surface area contributed by atoms with Crippen LogP contribution in [0.15, 0.2) is 0 Å². The molecule has 0 aliphatic carbocycles. The number of hydrogen-bond donors (Lipinski definition) is 0. The fourth-order valence-electron chi connectivity index (χ4n) is 5.37. The Kier molecular flexibility index (Phi) is 27.6. The first kappa shape index (κ1) is 40.2. The van der Waals surface area contributed by atoms with Gasteiger partial charge in [-0.15, -0.1) is 0 Å². The Bertz CT molecular complexity index is 261. The molecule has 0 unspecified atom stereocenters. The van der Waals surface area contributed by atoms with E-state index in [0.717, 1.165) is 50.9 Å². The summed E-state index contributed by atoms with van der Waals surface area (Å²) >= 11 is 0. The summed E-state index contributed by atoms with van der Waals surface area (Å²) in [4.78, 5) is 0. The van der Waals surface area contributed by atoms with Crippen molar-refractivity contribution >= 4 is 23.8 Å². The molecule has 0 radical (unpaired) electrons. The minimum atomic E-state index is 0. The van der Waals surface area contributed by atoms with Crippen molar-refractivity contribution in [2.75, 3.05) is 0 Å². The van der Waals surface area contributed by atoms with Crippen molar-refractivity contribution in [2.24, 2.45) is 0 Å². The zero-order chi connectivity index (χ0) is 24.9. The third-order valence-corrected chi connectivity index (χ3v) is 16.1. The van der Waals surface area contributed by atoms with Gasteiger partial charge in [-0.05, 0) is 50.9 Å². The van der Waals surface area contributed by atoms with Crippen LogP contribution in [0, 0.1) is 0 Å². The zero-order valence-electron chi connectivity index (χ0n) is 24.9. The Hall–Kier alpha value is 1.98. The zero-order valence-corrected chi connectivity index (χ0v) is 29.8. The molecule has 0 saturated carbocycles. The fourth-order valence-corrected chi connectivity index (χ4v) is 16.1. The summed E-state index contributed by atoms with van der Waals surface area (Å²) in [6, 6.07) is 0. The van der Waals surface area contributed by atoms with E-state index in [1.165, 1.54) is 0 Å². The topological polar surface area (TPSA) is 0 Å². The molecule has 0 aromatic carbocycles. The molecule has 0 fully saturated rings. The minimum absolute atomic E-state index is 0. The molecule has 0 spiro atoms. The van der Waals surface area contributed by atoms with E-state index in [4.69, 9.17) is 0 Å². The van der Waals surface area contributed by atoms with Gasteiger partial charge in [-0.1, -0.05) is 148 Å². The van der Waals surface area contributed by atoms with E-state index in [1.54, 1.807) is 0 Å². The van der Waals surface area contributed by atoms with Gasteiger partial charge >= 0.3 is 0 Å². The van der Waals surface area contributed by atoms with Crippen LogP contribution in [-0.2, 0) is 21.1 Å². The summed E-state index contributed by atoms with van der Waals surface area (Å²) in [6.45, 7) is 42.4. The summed E-state index contributed by atoms with van der Waals surface area (Å²) in [5, 5.41) is 0. The molecule has 0 atom stereocenters. The molecule has 0 aliphatic rings. The maximum Gasteiger partial charge on any atom is 0 e. The van der Waals surface area contributed by atoms with Gasteiger partial charge in [0.1, 0.15) is 0 Å².